The molecule has 3 heterocycles. The molecular weight excluding hydrogens is 425 g/mol. The highest BCUT2D eigenvalue weighted by Gasteiger charge is 2.43. The predicted molar refractivity (Wildman–Crippen MR) is 97.8 cm³/mol. The van der Waals surface area contributed by atoms with Crippen molar-refractivity contribution in [3.05, 3.63) is 47.0 Å². The summed E-state index contributed by atoms with van der Waals surface area (Å²) in [4.78, 5) is 17.6. The number of aliphatic hydroxyl groups excluding tert-OH is 1. The molecule has 31 heavy (non-hydrogen) atoms. The molecule has 11 heteroatoms. The van der Waals surface area contributed by atoms with Crippen LogP contribution in [0.5, 0.6) is 0 Å². The first kappa shape index (κ1) is 21.5. The standard InChI is InChI=1S/C20H20F5N3O3/c21-13-2-3-14-12(9-13)1-4-16-26-17(18(22)28(14)16)11-5-7-27(8-6-11)19(30)31-15(10-29)20(23,24)25/h2-3,9,11,15,29H,1,4-8,10H2. The summed E-state index contributed by atoms with van der Waals surface area (Å²) in [6, 6.07) is 4.15. The maximum atomic E-state index is 15.2. The van der Waals surface area contributed by atoms with Crippen molar-refractivity contribution in [2.24, 2.45) is 0 Å². The van der Waals surface area contributed by atoms with Gasteiger partial charge in [0.05, 0.1) is 18.0 Å². The summed E-state index contributed by atoms with van der Waals surface area (Å²) in [5.41, 5.74) is 1.47. The fourth-order valence-electron chi connectivity index (χ4n) is 4.09. The number of halogens is 5. The molecule has 4 rings (SSSR count). The number of imidazole rings is 1. The topological polar surface area (TPSA) is 67.6 Å². The number of likely N-dealkylation sites (tertiary alicyclic amines) is 1. The first-order valence-corrected chi connectivity index (χ1v) is 9.88. The van der Waals surface area contributed by atoms with Crippen molar-refractivity contribution in [3.63, 3.8) is 0 Å². The molecule has 1 saturated heterocycles. The number of fused-ring (bicyclic) bond motifs is 3. The molecule has 0 bridgehead atoms. The molecular formula is C20H20F5N3O3. The van der Waals surface area contributed by atoms with Crippen LogP contribution in [-0.4, -0.2) is 57.6 Å². The number of nitrogens with zero attached hydrogens (tertiary/aromatic N) is 3. The van der Waals surface area contributed by atoms with E-state index < -0.39 is 36.7 Å². The van der Waals surface area contributed by atoms with Gasteiger partial charge in [-0.25, -0.2) is 14.2 Å². The Kier molecular flexibility index (Phi) is 5.63. The number of ether oxygens (including phenoxy) is 1. The lowest BCUT2D eigenvalue weighted by molar-refractivity contribution is -0.214. The lowest BCUT2D eigenvalue weighted by Crippen LogP contribution is -2.44. The first-order chi connectivity index (χ1) is 14.7. The zero-order chi connectivity index (χ0) is 22.3. The summed E-state index contributed by atoms with van der Waals surface area (Å²) >= 11 is 0. The number of piperidine rings is 1. The van der Waals surface area contributed by atoms with Crippen molar-refractivity contribution in [1.29, 1.82) is 0 Å². The van der Waals surface area contributed by atoms with E-state index in [2.05, 4.69) is 9.72 Å². The number of amides is 1. The number of alkyl halides is 3. The minimum atomic E-state index is -4.86. The third-order valence-electron chi connectivity index (χ3n) is 5.73. The zero-order valence-corrected chi connectivity index (χ0v) is 16.3. The molecule has 0 aliphatic carbocycles. The molecule has 2 aromatic rings. The molecule has 1 aromatic carbocycles. The number of hydrogen-bond donors (Lipinski definition) is 1. The number of carbonyl (C=O) groups is 1. The van der Waals surface area contributed by atoms with Crippen molar-refractivity contribution in [3.8, 4) is 5.69 Å². The Morgan fingerprint density at radius 1 is 1.23 bits per heavy atom. The van der Waals surface area contributed by atoms with Crippen molar-refractivity contribution < 1.29 is 36.6 Å². The van der Waals surface area contributed by atoms with E-state index in [1.807, 2.05) is 0 Å². The van der Waals surface area contributed by atoms with E-state index in [9.17, 15) is 22.4 Å². The highest BCUT2D eigenvalue weighted by atomic mass is 19.4. The van der Waals surface area contributed by atoms with Crippen LogP contribution >= 0.6 is 0 Å². The molecule has 0 saturated carbocycles. The second kappa shape index (κ2) is 8.10. The third-order valence-corrected chi connectivity index (χ3v) is 5.73. The lowest BCUT2D eigenvalue weighted by atomic mass is 9.94. The third kappa shape index (κ3) is 4.10. The molecule has 1 aromatic heterocycles. The minimum Gasteiger partial charge on any atom is -0.434 e. The molecule has 1 fully saturated rings. The molecule has 1 N–H and O–H groups in total. The van der Waals surface area contributed by atoms with Crippen molar-refractivity contribution in [1.82, 2.24) is 14.5 Å². The van der Waals surface area contributed by atoms with Crippen LogP contribution in [0, 0.1) is 11.8 Å². The molecule has 2 aliphatic heterocycles. The minimum absolute atomic E-state index is 0.0724. The normalized spacial score (nSPS) is 17.8. The van der Waals surface area contributed by atoms with Gasteiger partial charge in [-0.15, -0.1) is 0 Å². The summed E-state index contributed by atoms with van der Waals surface area (Å²) in [6.45, 7) is -1.21. The van der Waals surface area contributed by atoms with Gasteiger partial charge in [-0.2, -0.15) is 17.6 Å². The number of benzene rings is 1. The highest BCUT2D eigenvalue weighted by Crippen LogP contribution is 2.34. The van der Waals surface area contributed by atoms with Gasteiger partial charge >= 0.3 is 12.3 Å². The van der Waals surface area contributed by atoms with Gasteiger partial charge in [-0.3, -0.25) is 4.57 Å². The van der Waals surface area contributed by atoms with Gasteiger partial charge in [-0.1, -0.05) is 0 Å². The summed E-state index contributed by atoms with van der Waals surface area (Å²) in [5, 5.41) is 8.81. The van der Waals surface area contributed by atoms with Gasteiger partial charge in [0, 0.05) is 25.4 Å². The van der Waals surface area contributed by atoms with E-state index in [4.69, 9.17) is 5.11 Å². The number of aromatic nitrogens is 2. The highest BCUT2D eigenvalue weighted by molar-refractivity contribution is 5.68. The summed E-state index contributed by atoms with van der Waals surface area (Å²) in [6.07, 6.45) is -7.02. The van der Waals surface area contributed by atoms with Crippen LogP contribution in [0.25, 0.3) is 5.69 Å². The average Bonchev–Trinajstić information content (AvgIpc) is 3.07. The number of aliphatic hydroxyl groups is 1. The van der Waals surface area contributed by atoms with E-state index in [1.54, 1.807) is 0 Å². The molecule has 1 unspecified atom stereocenters. The largest absolute Gasteiger partial charge is 0.434 e. The van der Waals surface area contributed by atoms with Gasteiger partial charge in [0.2, 0.25) is 12.1 Å². The van der Waals surface area contributed by atoms with Crippen molar-refractivity contribution in [2.75, 3.05) is 19.7 Å². The van der Waals surface area contributed by atoms with Crippen molar-refractivity contribution in [2.45, 2.75) is 43.9 Å². The van der Waals surface area contributed by atoms with Gasteiger partial charge in [0.25, 0.3) is 0 Å². The maximum absolute atomic E-state index is 15.2. The Morgan fingerprint density at radius 3 is 2.58 bits per heavy atom. The number of hydrogen-bond acceptors (Lipinski definition) is 4. The Labute approximate surface area is 174 Å². The average molecular weight is 445 g/mol. The molecule has 0 radical (unpaired) electrons. The van der Waals surface area contributed by atoms with Crippen molar-refractivity contribution >= 4 is 6.09 Å². The first-order valence-electron chi connectivity index (χ1n) is 9.88. The maximum Gasteiger partial charge on any atom is 0.427 e. The van der Waals surface area contributed by atoms with Gasteiger partial charge in [0.1, 0.15) is 11.6 Å². The predicted octanol–water partition coefficient (Wildman–Crippen LogP) is 3.49. The Hall–Kier alpha value is -2.69. The molecule has 1 amide bonds. The monoisotopic (exact) mass is 445 g/mol. The number of carbonyl (C=O) groups excluding carboxylic acids is 1. The van der Waals surface area contributed by atoms with Crippen LogP contribution in [0.4, 0.5) is 26.7 Å². The quantitative estimate of drug-likeness (QED) is 0.735. The summed E-state index contributed by atoms with van der Waals surface area (Å²) in [7, 11) is 0. The zero-order valence-electron chi connectivity index (χ0n) is 16.3. The van der Waals surface area contributed by atoms with Gasteiger partial charge < -0.3 is 14.7 Å². The van der Waals surface area contributed by atoms with Gasteiger partial charge in [-0.05, 0) is 43.0 Å². The van der Waals surface area contributed by atoms with E-state index in [-0.39, 0.29) is 24.7 Å². The van der Waals surface area contributed by atoms with E-state index >= 15 is 4.39 Å². The lowest BCUT2D eigenvalue weighted by Gasteiger charge is -2.32. The summed E-state index contributed by atoms with van der Waals surface area (Å²) < 4.78 is 72.5. The molecule has 6 nitrogen and oxygen atoms in total. The van der Waals surface area contributed by atoms with E-state index in [0.29, 0.717) is 42.8 Å². The van der Waals surface area contributed by atoms with Crippen LogP contribution in [0.15, 0.2) is 18.2 Å². The molecule has 0 spiro atoms. The second-order valence-electron chi connectivity index (χ2n) is 7.67. The van der Waals surface area contributed by atoms with E-state index in [0.717, 1.165) is 4.90 Å². The Bertz CT molecular complexity index is 983. The van der Waals surface area contributed by atoms with Crippen LogP contribution < -0.4 is 0 Å². The SMILES string of the molecule is O=C(OC(CO)C(F)(F)F)N1CCC(c2nc3n(c2F)-c2ccc(F)cc2CC3)CC1. The Morgan fingerprint density at radius 2 is 1.94 bits per heavy atom. The summed E-state index contributed by atoms with van der Waals surface area (Å²) in [5.74, 6) is -0.719. The number of aryl methyl sites for hydroxylation is 2. The van der Waals surface area contributed by atoms with Crippen LogP contribution in [0.2, 0.25) is 0 Å². The molecule has 1 atom stereocenters. The van der Waals surface area contributed by atoms with Crippen LogP contribution in [0.1, 0.15) is 35.8 Å². The Balaban J connectivity index is 1.46. The van der Waals surface area contributed by atoms with E-state index in [1.165, 1.54) is 22.8 Å². The number of rotatable bonds is 3. The fourth-order valence-corrected chi connectivity index (χ4v) is 4.09. The van der Waals surface area contributed by atoms with Crippen LogP contribution in [-0.2, 0) is 17.6 Å². The molecule has 2 aliphatic rings. The van der Waals surface area contributed by atoms with Gasteiger partial charge in [0.15, 0.2) is 0 Å². The molecule has 168 valence electrons. The second-order valence-corrected chi connectivity index (χ2v) is 7.67. The smallest absolute Gasteiger partial charge is 0.427 e. The fraction of sp³-hybridized carbons (Fsp3) is 0.500. The van der Waals surface area contributed by atoms with Crippen LogP contribution in [0.3, 0.4) is 0 Å².